The molecule has 2 aromatic rings. The lowest BCUT2D eigenvalue weighted by molar-refractivity contribution is 0.0697. The molecule has 0 fully saturated rings. The molecule has 5 nitrogen and oxygen atoms in total. The maximum absolute atomic E-state index is 10.7. The van der Waals surface area contributed by atoms with Gasteiger partial charge in [-0.15, -0.1) is 11.3 Å². The number of carboxylic acids is 1. The fraction of sp³-hybridized carbons (Fsp3) is 0.273. The highest BCUT2D eigenvalue weighted by Gasteiger charge is 2.06. The van der Waals surface area contributed by atoms with E-state index in [0.717, 1.165) is 17.1 Å². The van der Waals surface area contributed by atoms with Crippen LogP contribution in [0.4, 0.5) is 0 Å². The standard InChI is InChI=1S/C11H13N3O2S/c1-14-9(2-3-13-14)5-12-6-10-4-8(7-17-10)11(15)16/h2-4,7,12H,5-6H2,1H3,(H,15,16). The fourth-order valence-corrected chi connectivity index (χ4v) is 2.30. The third kappa shape index (κ3) is 2.92. The average molecular weight is 251 g/mol. The highest BCUT2D eigenvalue weighted by Crippen LogP contribution is 2.14. The van der Waals surface area contributed by atoms with E-state index in [2.05, 4.69) is 10.4 Å². The molecule has 0 aromatic carbocycles. The Hall–Kier alpha value is -1.66. The van der Waals surface area contributed by atoms with E-state index in [4.69, 9.17) is 5.11 Å². The van der Waals surface area contributed by atoms with Crippen LogP contribution in [0.15, 0.2) is 23.7 Å². The van der Waals surface area contributed by atoms with Gasteiger partial charge in [-0.3, -0.25) is 4.68 Å². The van der Waals surface area contributed by atoms with E-state index in [-0.39, 0.29) is 0 Å². The Morgan fingerprint density at radius 1 is 1.59 bits per heavy atom. The normalized spacial score (nSPS) is 10.6. The Morgan fingerprint density at radius 3 is 3.00 bits per heavy atom. The topological polar surface area (TPSA) is 67.2 Å². The number of aryl methyl sites for hydroxylation is 1. The van der Waals surface area contributed by atoms with Crippen LogP contribution in [0, 0.1) is 0 Å². The van der Waals surface area contributed by atoms with E-state index in [1.54, 1.807) is 17.6 Å². The molecular weight excluding hydrogens is 238 g/mol. The van der Waals surface area contributed by atoms with Crippen molar-refractivity contribution >= 4 is 17.3 Å². The molecule has 0 saturated carbocycles. The van der Waals surface area contributed by atoms with E-state index in [1.807, 2.05) is 17.8 Å². The van der Waals surface area contributed by atoms with Crippen LogP contribution in [0.3, 0.4) is 0 Å². The Bertz CT molecular complexity index is 518. The lowest BCUT2D eigenvalue weighted by Gasteiger charge is -2.03. The summed E-state index contributed by atoms with van der Waals surface area (Å²) in [6, 6.07) is 3.65. The van der Waals surface area contributed by atoms with E-state index >= 15 is 0 Å². The summed E-state index contributed by atoms with van der Waals surface area (Å²) in [6.07, 6.45) is 1.75. The van der Waals surface area contributed by atoms with Crippen LogP contribution in [0.2, 0.25) is 0 Å². The zero-order chi connectivity index (χ0) is 12.3. The molecular formula is C11H13N3O2S. The molecule has 0 aliphatic heterocycles. The number of aromatic nitrogens is 2. The average Bonchev–Trinajstić information content (AvgIpc) is 2.89. The van der Waals surface area contributed by atoms with Gasteiger partial charge in [0.05, 0.1) is 11.3 Å². The predicted molar refractivity (Wildman–Crippen MR) is 65.0 cm³/mol. The van der Waals surface area contributed by atoms with Crippen molar-refractivity contribution in [1.82, 2.24) is 15.1 Å². The summed E-state index contributed by atoms with van der Waals surface area (Å²) >= 11 is 1.45. The molecule has 2 N–H and O–H groups in total. The van der Waals surface area contributed by atoms with Gasteiger partial charge < -0.3 is 10.4 Å². The van der Waals surface area contributed by atoms with Crippen molar-refractivity contribution < 1.29 is 9.90 Å². The summed E-state index contributed by atoms with van der Waals surface area (Å²) in [6.45, 7) is 1.39. The lowest BCUT2D eigenvalue weighted by Crippen LogP contribution is -2.14. The minimum atomic E-state index is -0.876. The molecule has 90 valence electrons. The monoisotopic (exact) mass is 251 g/mol. The molecule has 2 rings (SSSR count). The number of hydrogen-bond donors (Lipinski definition) is 2. The third-order valence-electron chi connectivity index (χ3n) is 2.43. The zero-order valence-electron chi connectivity index (χ0n) is 9.38. The number of rotatable bonds is 5. The number of nitrogens with one attached hydrogen (secondary N) is 1. The number of nitrogens with zero attached hydrogens (tertiary/aromatic N) is 2. The van der Waals surface area contributed by atoms with Gasteiger partial charge in [-0.05, 0) is 12.1 Å². The minimum absolute atomic E-state index is 0.354. The van der Waals surface area contributed by atoms with Gasteiger partial charge in [0.2, 0.25) is 0 Å². The number of carbonyl (C=O) groups is 1. The van der Waals surface area contributed by atoms with Gasteiger partial charge in [0, 0.05) is 36.6 Å². The highest BCUT2D eigenvalue weighted by atomic mass is 32.1. The first-order valence-corrected chi connectivity index (χ1v) is 6.03. The van der Waals surface area contributed by atoms with Crippen molar-refractivity contribution in [2.24, 2.45) is 7.05 Å². The van der Waals surface area contributed by atoms with Crippen LogP contribution in [0.25, 0.3) is 0 Å². The Morgan fingerprint density at radius 2 is 2.41 bits per heavy atom. The molecule has 0 spiro atoms. The van der Waals surface area contributed by atoms with E-state index in [0.29, 0.717) is 12.1 Å². The molecule has 17 heavy (non-hydrogen) atoms. The summed E-state index contributed by atoms with van der Waals surface area (Å²) in [4.78, 5) is 11.7. The summed E-state index contributed by atoms with van der Waals surface area (Å²) in [5, 5.41) is 17.8. The number of thiophene rings is 1. The Kier molecular flexibility index (Phi) is 3.55. The van der Waals surface area contributed by atoms with Gasteiger partial charge in [0.15, 0.2) is 0 Å². The molecule has 0 atom stereocenters. The molecule has 2 heterocycles. The number of aromatic carboxylic acids is 1. The maximum Gasteiger partial charge on any atom is 0.336 e. The quantitative estimate of drug-likeness (QED) is 0.844. The summed E-state index contributed by atoms with van der Waals surface area (Å²) in [7, 11) is 1.89. The minimum Gasteiger partial charge on any atom is -0.478 e. The lowest BCUT2D eigenvalue weighted by atomic mass is 10.3. The second-order valence-corrected chi connectivity index (χ2v) is 4.65. The van der Waals surface area contributed by atoms with Crippen LogP contribution in [-0.4, -0.2) is 20.9 Å². The van der Waals surface area contributed by atoms with Gasteiger partial charge in [0.25, 0.3) is 0 Å². The van der Waals surface area contributed by atoms with Gasteiger partial charge in [-0.1, -0.05) is 0 Å². The summed E-state index contributed by atoms with van der Waals surface area (Å²) < 4.78 is 1.81. The summed E-state index contributed by atoms with van der Waals surface area (Å²) in [5.74, 6) is -0.876. The van der Waals surface area contributed by atoms with Crippen molar-refractivity contribution in [1.29, 1.82) is 0 Å². The first-order valence-electron chi connectivity index (χ1n) is 5.15. The highest BCUT2D eigenvalue weighted by molar-refractivity contribution is 7.10. The van der Waals surface area contributed by atoms with Gasteiger partial charge >= 0.3 is 5.97 Å². The summed E-state index contributed by atoms with van der Waals surface area (Å²) in [5.41, 5.74) is 1.45. The van der Waals surface area contributed by atoms with Gasteiger partial charge in [0.1, 0.15) is 0 Å². The SMILES string of the molecule is Cn1nccc1CNCc1cc(C(=O)O)cs1. The van der Waals surface area contributed by atoms with Crippen molar-refractivity contribution in [3.8, 4) is 0 Å². The molecule has 0 bridgehead atoms. The van der Waals surface area contributed by atoms with Crippen molar-refractivity contribution in [3.63, 3.8) is 0 Å². The van der Waals surface area contributed by atoms with Crippen LogP contribution < -0.4 is 5.32 Å². The van der Waals surface area contributed by atoms with Crippen LogP contribution >= 0.6 is 11.3 Å². The molecule has 0 aliphatic carbocycles. The van der Waals surface area contributed by atoms with Crippen molar-refractivity contribution in [2.45, 2.75) is 13.1 Å². The van der Waals surface area contributed by atoms with E-state index in [9.17, 15) is 4.79 Å². The molecule has 2 aromatic heterocycles. The van der Waals surface area contributed by atoms with Gasteiger partial charge in [-0.25, -0.2) is 4.79 Å². The van der Waals surface area contributed by atoms with E-state index in [1.165, 1.54) is 11.3 Å². The second-order valence-electron chi connectivity index (χ2n) is 3.66. The molecule has 0 saturated heterocycles. The van der Waals surface area contributed by atoms with Crippen molar-refractivity contribution in [2.75, 3.05) is 0 Å². The second kappa shape index (κ2) is 5.11. The van der Waals surface area contributed by atoms with Crippen LogP contribution in [-0.2, 0) is 20.1 Å². The maximum atomic E-state index is 10.7. The molecule has 0 amide bonds. The van der Waals surface area contributed by atoms with Crippen LogP contribution in [0.1, 0.15) is 20.9 Å². The number of hydrogen-bond acceptors (Lipinski definition) is 4. The Labute approximate surface area is 103 Å². The molecule has 0 aliphatic rings. The predicted octanol–water partition coefficient (Wildman–Crippen LogP) is 1.47. The first kappa shape index (κ1) is 11.8. The van der Waals surface area contributed by atoms with Gasteiger partial charge in [-0.2, -0.15) is 5.10 Å². The van der Waals surface area contributed by atoms with E-state index < -0.39 is 5.97 Å². The first-order chi connectivity index (χ1) is 8.16. The largest absolute Gasteiger partial charge is 0.478 e. The Balaban J connectivity index is 1.86. The zero-order valence-corrected chi connectivity index (χ0v) is 10.2. The smallest absolute Gasteiger partial charge is 0.336 e. The molecule has 0 radical (unpaired) electrons. The third-order valence-corrected chi connectivity index (χ3v) is 3.37. The fourth-order valence-electron chi connectivity index (χ4n) is 1.47. The molecule has 6 heteroatoms. The number of carboxylic acid groups (broad SMARTS) is 1. The van der Waals surface area contributed by atoms with Crippen molar-refractivity contribution in [3.05, 3.63) is 39.8 Å². The van der Waals surface area contributed by atoms with Crippen LogP contribution in [0.5, 0.6) is 0 Å². The molecule has 0 unspecified atom stereocenters.